The summed E-state index contributed by atoms with van der Waals surface area (Å²) < 4.78 is 7.09. The van der Waals surface area contributed by atoms with Crippen molar-refractivity contribution in [3.8, 4) is 22.7 Å². The van der Waals surface area contributed by atoms with Crippen LogP contribution < -0.4 is 11.1 Å². The van der Waals surface area contributed by atoms with Gasteiger partial charge < -0.3 is 15.5 Å². The van der Waals surface area contributed by atoms with Gasteiger partial charge in [0.25, 0.3) is 5.91 Å². The Morgan fingerprint density at radius 1 is 1.18 bits per heavy atom. The third kappa shape index (κ3) is 3.35. The third-order valence-electron chi connectivity index (χ3n) is 4.21. The van der Waals surface area contributed by atoms with Gasteiger partial charge in [-0.3, -0.25) is 9.48 Å². The second kappa shape index (κ2) is 7.21. The normalized spacial score (nSPS) is 10.8. The number of hydrogen-bond acceptors (Lipinski definition) is 5. The Labute approximate surface area is 165 Å². The summed E-state index contributed by atoms with van der Waals surface area (Å²) in [7, 11) is 1.81. The molecule has 3 aromatic heterocycles. The first kappa shape index (κ1) is 17.8. The van der Waals surface area contributed by atoms with Gasteiger partial charge in [-0.05, 0) is 42.5 Å². The molecule has 0 aliphatic rings. The number of carbonyl (C=O) groups excluding carboxylic acids is 1. The molecular formula is C20H16ClN5O2. The van der Waals surface area contributed by atoms with E-state index in [1.54, 1.807) is 53.4 Å². The molecule has 0 bridgehead atoms. The van der Waals surface area contributed by atoms with Gasteiger partial charge in [0, 0.05) is 12.6 Å². The van der Waals surface area contributed by atoms with Gasteiger partial charge in [0.1, 0.15) is 17.3 Å². The number of anilines is 2. The van der Waals surface area contributed by atoms with Crippen LogP contribution >= 0.6 is 11.6 Å². The van der Waals surface area contributed by atoms with Gasteiger partial charge in [0.15, 0.2) is 5.76 Å². The smallest absolute Gasteiger partial charge is 0.258 e. The van der Waals surface area contributed by atoms with Gasteiger partial charge in [-0.25, -0.2) is 4.98 Å². The van der Waals surface area contributed by atoms with Crippen LogP contribution in [0.3, 0.4) is 0 Å². The van der Waals surface area contributed by atoms with Crippen LogP contribution in [0.25, 0.3) is 22.7 Å². The molecule has 0 saturated heterocycles. The second-order valence-corrected chi connectivity index (χ2v) is 6.49. The number of benzene rings is 1. The summed E-state index contributed by atoms with van der Waals surface area (Å²) in [5, 5.41) is 7.52. The molecule has 0 fully saturated rings. The lowest BCUT2D eigenvalue weighted by molar-refractivity contribution is 0.102. The minimum atomic E-state index is -0.356. The zero-order chi connectivity index (χ0) is 19.7. The highest BCUT2D eigenvalue weighted by Gasteiger charge is 2.16. The number of aromatic nitrogens is 3. The Bertz CT molecular complexity index is 1150. The average molecular weight is 394 g/mol. The molecule has 140 valence electrons. The molecule has 1 aromatic carbocycles. The lowest BCUT2D eigenvalue weighted by Gasteiger charge is -2.09. The molecule has 7 nitrogen and oxygen atoms in total. The van der Waals surface area contributed by atoms with E-state index in [0.29, 0.717) is 33.4 Å². The van der Waals surface area contributed by atoms with E-state index in [9.17, 15) is 4.79 Å². The predicted octanol–water partition coefficient (Wildman–Crippen LogP) is 4.23. The maximum absolute atomic E-state index is 12.4. The molecule has 3 N–H and O–H groups in total. The Morgan fingerprint density at radius 2 is 2.00 bits per heavy atom. The zero-order valence-corrected chi connectivity index (χ0v) is 15.6. The summed E-state index contributed by atoms with van der Waals surface area (Å²) in [6, 6.07) is 15.8. The lowest BCUT2D eigenvalue weighted by Crippen LogP contribution is -2.14. The summed E-state index contributed by atoms with van der Waals surface area (Å²) in [5.41, 5.74) is 8.67. The first-order valence-electron chi connectivity index (χ1n) is 8.43. The Hall–Kier alpha value is -3.58. The van der Waals surface area contributed by atoms with E-state index in [0.717, 1.165) is 5.69 Å². The predicted molar refractivity (Wildman–Crippen MR) is 108 cm³/mol. The molecule has 28 heavy (non-hydrogen) atoms. The van der Waals surface area contributed by atoms with Crippen LogP contribution in [-0.2, 0) is 7.05 Å². The summed E-state index contributed by atoms with van der Waals surface area (Å²) in [6.07, 6.45) is 1.59. The number of amides is 1. The number of halogens is 1. The molecule has 8 heteroatoms. The number of aryl methyl sites for hydroxylation is 1. The van der Waals surface area contributed by atoms with Crippen LogP contribution in [0.15, 0.2) is 65.3 Å². The number of rotatable bonds is 4. The average Bonchev–Trinajstić information content (AvgIpc) is 3.32. The molecule has 0 radical (unpaired) electrons. The van der Waals surface area contributed by atoms with Crippen molar-refractivity contribution in [2.75, 3.05) is 11.1 Å². The largest absolute Gasteiger partial charge is 0.463 e. The van der Waals surface area contributed by atoms with E-state index in [2.05, 4.69) is 15.4 Å². The van der Waals surface area contributed by atoms with Crippen molar-refractivity contribution in [3.63, 3.8) is 0 Å². The fraction of sp³-hybridized carbons (Fsp3) is 0.0500. The lowest BCUT2D eigenvalue weighted by atomic mass is 10.1. The van der Waals surface area contributed by atoms with Crippen molar-refractivity contribution < 1.29 is 9.21 Å². The van der Waals surface area contributed by atoms with Crippen molar-refractivity contribution in [1.29, 1.82) is 0 Å². The number of pyridine rings is 1. The van der Waals surface area contributed by atoms with Crippen molar-refractivity contribution in [1.82, 2.24) is 14.8 Å². The van der Waals surface area contributed by atoms with Gasteiger partial charge in [0.2, 0.25) is 0 Å². The monoisotopic (exact) mass is 393 g/mol. The Morgan fingerprint density at radius 3 is 2.71 bits per heavy atom. The topological polar surface area (TPSA) is 99.0 Å². The highest BCUT2D eigenvalue weighted by atomic mass is 35.5. The number of furan rings is 1. The molecule has 0 saturated carbocycles. The molecule has 1 amide bonds. The molecule has 0 aliphatic carbocycles. The number of nitrogen functional groups attached to an aromatic ring is 1. The van der Waals surface area contributed by atoms with E-state index in [1.165, 1.54) is 0 Å². The summed E-state index contributed by atoms with van der Waals surface area (Å²) in [6.45, 7) is 0. The summed E-state index contributed by atoms with van der Waals surface area (Å²) in [4.78, 5) is 16.7. The fourth-order valence-electron chi connectivity index (χ4n) is 2.85. The first-order chi connectivity index (χ1) is 13.5. The van der Waals surface area contributed by atoms with Crippen LogP contribution in [0.4, 0.5) is 11.6 Å². The Kier molecular flexibility index (Phi) is 4.58. The molecule has 0 unspecified atom stereocenters. The summed E-state index contributed by atoms with van der Waals surface area (Å²) >= 11 is 6.06. The van der Waals surface area contributed by atoms with E-state index in [-0.39, 0.29) is 11.7 Å². The number of carbonyl (C=O) groups is 1. The van der Waals surface area contributed by atoms with Crippen LogP contribution in [0.2, 0.25) is 5.02 Å². The zero-order valence-electron chi connectivity index (χ0n) is 14.9. The van der Waals surface area contributed by atoms with Crippen LogP contribution in [0.5, 0.6) is 0 Å². The van der Waals surface area contributed by atoms with Gasteiger partial charge >= 0.3 is 0 Å². The van der Waals surface area contributed by atoms with Gasteiger partial charge in [-0.1, -0.05) is 23.7 Å². The number of hydrogen-bond donors (Lipinski definition) is 2. The highest BCUT2D eigenvalue weighted by Crippen LogP contribution is 2.30. The molecule has 4 aromatic rings. The standard InChI is InChI=1S/C20H16ClN5O2/c1-26-16(11-15(25-26)17-7-4-10-28-17)13-8-9-18(23-19(13)22)24-20(27)12-5-2-3-6-14(12)21/h2-11H,1H3,(H3,22,23,24,27). The molecule has 0 spiro atoms. The molecule has 4 rings (SSSR count). The maximum Gasteiger partial charge on any atom is 0.258 e. The van der Waals surface area contributed by atoms with Gasteiger partial charge in [-0.2, -0.15) is 5.10 Å². The molecule has 0 atom stereocenters. The second-order valence-electron chi connectivity index (χ2n) is 6.08. The SMILES string of the molecule is Cn1nc(-c2ccco2)cc1-c1ccc(NC(=O)c2ccccc2Cl)nc1N. The van der Waals surface area contributed by atoms with E-state index < -0.39 is 0 Å². The molecule has 3 heterocycles. The van der Waals surface area contributed by atoms with Crippen LogP contribution in [0, 0.1) is 0 Å². The quantitative estimate of drug-likeness (QED) is 0.540. The highest BCUT2D eigenvalue weighted by molar-refractivity contribution is 6.34. The van der Waals surface area contributed by atoms with Crippen LogP contribution in [0.1, 0.15) is 10.4 Å². The van der Waals surface area contributed by atoms with E-state index in [4.69, 9.17) is 21.8 Å². The Balaban J connectivity index is 1.60. The molecule has 0 aliphatic heterocycles. The van der Waals surface area contributed by atoms with E-state index in [1.807, 2.05) is 19.2 Å². The number of nitrogens with two attached hydrogens (primary N) is 1. The maximum atomic E-state index is 12.4. The van der Waals surface area contributed by atoms with Gasteiger partial charge in [0.05, 0.1) is 22.5 Å². The van der Waals surface area contributed by atoms with Crippen molar-refractivity contribution in [2.24, 2.45) is 7.05 Å². The van der Waals surface area contributed by atoms with Crippen LogP contribution in [-0.4, -0.2) is 20.7 Å². The third-order valence-corrected chi connectivity index (χ3v) is 4.54. The number of nitrogens with one attached hydrogen (secondary N) is 1. The van der Waals surface area contributed by atoms with Crippen molar-refractivity contribution in [3.05, 3.63) is 71.4 Å². The van der Waals surface area contributed by atoms with Gasteiger partial charge in [-0.15, -0.1) is 0 Å². The summed E-state index contributed by atoms with van der Waals surface area (Å²) in [5.74, 6) is 0.911. The van der Waals surface area contributed by atoms with E-state index >= 15 is 0 Å². The first-order valence-corrected chi connectivity index (χ1v) is 8.81. The van der Waals surface area contributed by atoms with Crippen molar-refractivity contribution in [2.45, 2.75) is 0 Å². The fourth-order valence-corrected chi connectivity index (χ4v) is 3.08. The number of nitrogens with zero attached hydrogens (tertiary/aromatic N) is 3. The minimum absolute atomic E-state index is 0.269. The van der Waals surface area contributed by atoms with Crippen molar-refractivity contribution >= 4 is 29.1 Å². The molecular weight excluding hydrogens is 378 g/mol. The minimum Gasteiger partial charge on any atom is -0.463 e.